The van der Waals surface area contributed by atoms with Gasteiger partial charge in [0.15, 0.2) is 6.10 Å². The van der Waals surface area contributed by atoms with Crippen molar-refractivity contribution in [2.24, 2.45) is 0 Å². The first-order valence-corrected chi connectivity index (χ1v) is 8.26. The summed E-state index contributed by atoms with van der Waals surface area (Å²) in [4.78, 5) is 29.5. The molecule has 1 N–H and O–H groups in total. The summed E-state index contributed by atoms with van der Waals surface area (Å²) < 4.78 is 5.42. The number of aromatic nitrogens is 1. The van der Waals surface area contributed by atoms with E-state index in [0.29, 0.717) is 29.9 Å². The van der Waals surface area contributed by atoms with Gasteiger partial charge < -0.3 is 14.6 Å². The second-order valence-corrected chi connectivity index (χ2v) is 6.10. The van der Waals surface area contributed by atoms with Gasteiger partial charge in [-0.05, 0) is 36.4 Å². The molecule has 1 atom stereocenters. The summed E-state index contributed by atoms with van der Waals surface area (Å²) in [5, 5.41) is 9.77. The third kappa shape index (κ3) is 2.80. The number of para-hydroxylation sites is 1. The van der Waals surface area contributed by atoms with Crippen molar-refractivity contribution in [3.8, 4) is 6.07 Å². The molecule has 0 spiro atoms. The predicted octanol–water partition coefficient (Wildman–Crippen LogP) is 3.00. The van der Waals surface area contributed by atoms with Gasteiger partial charge in [-0.15, -0.1) is 0 Å². The number of amides is 1. The van der Waals surface area contributed by atoms with Crippen LogP contribution >= 0.6 is 0 Å². The third-order valence-corrected chi connectivity index (χ3v) is 4.46. The number of hydrogen-bond acceptors (Lipinski definition) is 4. The Morgan fingerprint density at radius 1 is 1.19 bits per heavy atom. The van der Waals surface area contributed by atoms with Gasteiger partial charge in [0, 0.05) is 29.6 Å². The maximum atomic E-state index is 12.6. The van der Waals surface area contributed by atoms with Gasteiger partial charge in [-0.25, -0.2) is 4.79 Å². The van der Waals surface area contributed by atoms with Gasteiger partial charge in [0.25, 0.3) is 5.91 Å². The predicted molar refractivity (Wildman–Crippen MR) is 95.6 cm³/mol. The van der Waals surface area contributed by atoms with E-state index >= 15 is 0 Å². The molecular weight excluding hydrogens is 330 g/mol. The molecule has 3 aromatic rings. The zero-order valence-corrected chi connectivity index (χ0v) is 13.8. The Kier molecular flexibility index (Phi) is 3.90. The van der Waals surface area contributed by atoms with E-state index < -0.39 is 12.1 Å². The first kappa shape index (κ1) is 15.9. The maximum absolute atomic E-state index is 12.6. The van der Waals surface area contributed by atoms with Crippen molar-refractivity contribution in [2.75, 3.05) is 11.4 Å². The number of anilines is 1. The molecule has 1 aliphatic heterocycles. The van der Waals surface area contributed by atoms with Gasteiger partial charge in [-0.2, -0.15) is 5.26 Å². The average Bonchev–Trinajstić information content (AvgIpc) is 3.26. The summed E-state index contributed by atoms with van der Waals surface area (Å²) in [6.45, 7) is 0.468. The first-order valence-electron chi connectivity index (χ1n) is 8.26. The minimum atomic E-state index is -0.801. The van der Waals surface area contributed by atoms with Gasteiger partial charge in [0.05, 0.1) is 11.6 Å². The second kappa shape index (κ2) is 6.37. The molecule has 6 nitrogen and oxygen atoms in total. The normalized spacial score (nSPS) is 16.7. The summed E-state index contributed by atoms with van der Waals surface area (Å²) in [6, 6.07) is 18.1. The van der Waals surface area contributed by atoms with Gasteiger partial charge in [0.2, 0.25) is 0 Å². The average molecular weight is 345 g/mol. The molecule has 0 radical (unpaired) electrons. The summed E-state index contributed by atoms with van der Waals surface area (Å²) in [7, 11) is 0. The van der Waals surface area contributed by atoms with E-state index in [1.165, 1.54) is 0 Å². The Morgan fingerprint density at radius 3 is 2.69 bits per heavy atom. The van der Waals surface area contributed by atoms with Crippen LogP contribution in [0, 0.1) is 11.3 Å². The quantitative estimate of drug-likeness (QED) is 0.739. The first-order chi connectivity index (χ1) is 12.7. The minimum Gasteiger partial charge on any atom is -0.447 e. The van der Waals surface area contributed by atoms with Gasteiger partial charge in [0.1, 0.15) is 5.69 Å². The lowest BCUT2D eigenvalue weighted by molar-refractivity contribution is -0.124. The molecule has 1 amide bonds. The van der Waals surface area contributed by atoms with E-state index in [9.17, 15) is 9.59 Å². The zero-order valence-electron chi connectivity index (χ0n) is 13.8. The van der Waals surface area contributed by atoms with Crippen LogP contribution in [0.1, 0.15) is 22.5 Å². The lowest BCUT2D eigenvalue weighted by atomic mass is 10.2. The Balaban J connectivity index is 1.47. The highest BCUT2D eigenvalue weighted by Gasteiger charge is 2.35. The van der Waals surface area contributed by atoms with Crippen LogP contribution in [0.3, 0.4) is 0 Å². The minimum absolute atomic E-state index is 0.251. The lowest BCUT2D eigenvalue weighted by Crippen LogP contribution is -2.32. The standard InChI is InChI=1S/C20H15N3O3/c21-12-13-5-7-15(8-6-13)23-10-9-18(19(23)24)26-20(25)17-11-14-3-1-2-4-16(14)22-17/h1-8,11,18,22H,9-10H2/t18-/m1/s1. The Labute approximate surface area is 149 Å². The fourth-order valence-electron chi connectivity index (χ4n) is 3.11. The molecule has 6 heteroatoms. The molecule has 128 valence electrons. The Morgan fingerprint density at radius 2 is 1.96 bits per heavy atom. The Bertz CT molecular complexity index is 997. The highest BCUT2D eigenvalue weighted by Crippen LogP contribution is 2.24. The topological polar surface area (TPSA) is 86.2 Å². The molecule has 1 saturated heterocycles. The molecule has 0 unspecified atom stereocenters. The molecule has 0 saturated carbocycles. The molecule has 1 aliphatic rings. The second-order valence-electron chi connectivity index (χ2n) is 6.10. The largest absolute Gasteiger partial charge is 0.447 e. The number of aromatic amines is 1. The monoisotopic (exact) mass is 345 g/mol. The van der Waals surface area contributed by atoms with Gasteiger partial charge in [-0.3, -0.25) is 4.79 Å². The molecule has 2 heterocycles. The number of H-pyrrole nitrogens is 1. The van der Waals surface area contributed by atoms with E-state index in [2.05, 4.69) is 4.98 Å². The Hall–Kier alpha value is -3.59. The van der Waals surface area contributed by atoms with Crippen LogP contribution in [-0.2, 0) is 9.53 Å². The number of fused-ring (bicyclic) bond motifs is 1. The number of benzene rings is 2. The molecule has 4 rings (SSSR count). The van der Waals surface area contributed by atoms with Crippen LogP contribution in [-0.4, -0.2) is 29.5 Å². The summed E-state index contributed by atoms with van der Waals surface area (Å²) in [5.41, 5.74) is 2.40. The highest BCUT2D eigenvalue weighted by molar-refractivity contribution is 6.01. The fraction of sp³-hybridized carbons (Fsp3) is 0.150. The molecule has 26 heavy (non-hydrogen) atoms. The van der Waals surface area contributed by atoms with Crippen molar-refractivity contribution in [3.63, 3.8) is 0 Å². The van der Waals surface area contributed by atoms with Crippen molar-refractivity contribution < 1.29 is 14.3 Å². The number of esters is 1. The molecular formula is C20H15N3O3. The van der Waals surface area contributed by atoms with Crippen molar-refractivity contribution in [1.82, 2.24) is 4.98 Å². The van der Waals surface area contributed by atoms with E-state index in [0.717, 1.165) is 10.9 Å². The number of carbonyl (C=O) groups excluding carboxylic acids is 2. The number of nitrogens with one attached hydrogen (secondary N) is 1. The number of ether oxygens (including phenoxy) is 1. The number of nitrogens with zero attached hydrogens (tertiary/aromatic N) is 2. The van der Waals surface area contributed by atoms with Crippen molar-refractivity contribution in [3.05, 3.63) is 65.9 Å². The number of hydrogen-bond donors (Lipinski definition) is 1. The SMILES string of the molecule is N#Cc1ccc(N2CC[C@@H](OC(=O)c3cc4ccccc4[nH]3)C2=O)cc1. The van der Waals surface area contributed by atoms with Crippen LogP contribution in [0.25, 0.3) is 10.9 Å². The van der Waals surface area contributed by atoms with E-state index in [-0.39, 0.29) is 5.91 Å². The van der Waals surface area contributed by atoms with Crippen LogP contribution < -0.4 is 4.90 Å². The summed E-state index contributed by atoms with van der Waals surface area (Å²) in [6.07, 6.45) is -0.366. The molecule has 0 aliphatic carbocycles. The van der Waals surface area contributed by atoms with Gasteiger partial charge >= 0.3 is 5.97 Å². The molecule has 0 bridgehead atoms. The van der Waals surface area contributed by atoms with Gasteiger partial charge in [-0.1, -0.05) is 18.2 Å². The van der Waals surface area contributed by atoms with Crippen molar-refractivity contribution >= 4 is 28.5 Å². The van der Waals surface area contributed by atoms with E-state index in [1.807, 2.05) is 30.3 Å². The van der Waals surface area contributed by atoms with E-state index in [1.54, 1.807) is 35.2 Å². The summed E-state index contributed by atoms with van der Waals surface area (Å²) in [5.74, 6) is -0.791. The van der Waals surface area contributed by atoms with Crippen molar-refractivity contribution in [2.45, 2.75) is 12.5 Å². The molecule has 1 fully saturated rings. The number of rotatable bonds is 3. The smallest absolute Gasteiger partial charge is 0.355 e. The maximum Gasteiger partial charge on any atom is 0.355 e. The third-order valence-electron chi connectivity index (χ3n) is 4.46. The van der Waals surface area contributed by atoms with Crippen LogP contribution in [0.15, 0.2) is 54.6 Å². The highest BCUT2D eigenvalue weighted by atomic mass is 16.5. The van der Waals surface area contributed by atoms with Crippen LogP contribution in [0.5, 0.6) is 0 Å². The lowest BCUT2D eigenvalue weighted by Gasteiger charge is -2.16. The fourth-order valence-corrected chi connectivity index (χ4v) is 3.11. The zero-order chi connectivity index (χ0) is 18.1. The van der Waals surface area contributed by atoms with Crippen LogP contribution in [0.4, 0.5) is 5.69 Å². The summed E-state index contributed by atoms with van der Waals surface area (Å²) >= 11 is 0. The number of carbonyl (C=O) groups is 2. The molecule has 1 aromatic heterocycles. The van der Waals surface area contributed by atoms with Crippen LogP contribution in [0.2, 0.25) is 0 Å². The number of nitriles is 1. The molecule has 2 aromatic carbocycles. The van der Waals surface area contributed by atoms with E-state index in [4.69, 9.17) is 10.00 Å². The van der Waals surface area contributed by atoms with Crippen molar-refractivity contribution in [1.29, 1.82) is 5.26 Å².